The zero-order valence-corrected chi connectivity index (χ0v) is 13.5. The Bertz CT molecular complexity index is 494. The topological polar surface area (TPSA) is 64.8 Å². The molecule has 0 spiro atoms. The fraction of sp³-hybridized carbons (Fsp3) is 0.533. The number of ether oxygens (including phenoxy) is 2. The molecule has 1 saturated heterocycles. The quantitative estimate of drug-likeness (QED) is 0.922. The molecule has 1 aromatic carbocycles. The minimum Gasteiger partial charge on any atom is -0.497 e. The fourth-order valence-corrected chi connectivity index (χ4v) is 2.55. The molecule has 1 amide bonds. The zero-order chi connectivity index (χ0) is 14.7. The van der Waals surface area contributed by atoms with E-state index < -0.39 is 0 Å². The third-order valence-electron chi connectivity index (χ3n) is 3.89. The number of rotatable bonds is 4. The summed E-state index contributed by atoms with van der Waals surface area (Å²) in [7, 11) is 3.14. The molecule has 1 aliphatic rings. The molecule has 1 fully saturated rings. The first-order valence-electron chi connectivity index (χ1n) is 6.83. The van der Waals surface area contributed by atoms with Crippen LogP contribution in [-0.2, 0) is 0 Å². The van der Waals surface area contributed by atoms with Crippen LogP contribution in [0.15, 0.2) is 18.2 Å². The van der Waals surface area contributed by atoms with Gasteiger partial charge in [-0.05, 0) is 31.4 Å². The van der Waals surface area contributed by atoms with Gasteiger partial charge in [-0.25, -0.2) is 0 Å². The molecule has 0 saturated carbocycles. The predicted octanol–water partition coefficient (Wildman–Crippen LogP) is 1.93. The third-order valence-corrected chi connectivity index (χ3v) is 3.89. The van der Waals surface area contributed by atoms with Crippen molar-refractivity contribution in [3.05, 3.63) is 23.8 Å². The van der Waals surface area contributed by atoms with E-state index >= 15 is 0 Å². The number of nitrogens with two attached hydrogens (primary N) is 1. The minimum atomic E-state index is -0.00680. The van der Waals surface area contributed by atoms with E-state index in [9.17, 15) is 4.79 Å². The summed E-state index contributed by atoms with van der Waals surface area (Å²) in [5.74, 6) is 1.59. The molecule has 0 aromatic heterocycles. The number of methoxy groups -OCH3 is 2. The van der Waals surface area contributed by atoms with Crippen LogP contribution in [0.4, 0.5) is 0 Å². The number of benzene rings is 1. The van der Waals surface area contributed by atoms with Gasteiger partial charge >= 0.3 is 0 Å². The summed E-state index contributed by atoms with van der Waals surface area (Å²) >= 11 is 0. The van der Waals surface area contributed by atoms with Crippen LogP contribution in [0, 0.1) is 5.92 Å². The molecule has 6 heteroatoms. The average Bonchev–Trinajstić information content (AvgIpc) is 2.95. The highest BCUT2D eigenvalue weighted by Crippen LogP contribution is 2.28. The van der Waals surface area contributed by atoms with Crippen LogP contribution >= 0.6 is 12.4 Å². The van der Waals surface area contributed by atoms with Crippen LogP contribution < -0.4 is 15.2 Å². The van der Waals surface area contributed by atoms with Crippen molar-refractivity contribution in [3.8, 4) is 11.5 Å². The molecule has 1 heterocycles. The molecule has 2 unspecified atom stereocenters. The van der Waals surface area contributed by atoms with Crippen LogP contribution in [0.25, 0.3) is 0 Å². The maximum absolute atomic E-state index is 12.6. The van der Waals surface area contributed by atoms with Crippen LogP contribution in [-0.4, -0.2) is 44.2 Å². The van der Waals surface area contributed by atoms with Crippen LogP contribution in [0.1, 0.15) is 23.7 Å². The first-order valence-corrected chi connectivity index (χ1v) is 6.83. The van der Waals surface area contributed by atoms with Crippen molar-refractivity contribution in [2.45, 2.75) is 19.4 Å². The second kappa shape index (κ2) is 7.52. The lowest BCUT2D eigenvalue weighted by atomic mass is 10.0. The molecular formula is C15H23ClN2O3. The summed E-state index contributed by atoms with van der Waals surface area (Å²) in [5.41, 5.74) is 6.48. The maximum atomic E-state index is 12.6. The number of carbonyl (C=O) groups is 1. The predicted molar refractivity (Wildman–Crippen MR) is 84.5 cm³/mol. The van der Waals surface area contributed by atoms with Gasteiger partial charge in [-0.1, -0.05) is 0 Å². The number of likely N-dealkylation sites (tertiary alicyclic amines) is 1. The van der Waals surface area contributed by atoms with Crippen molar-refractivity contribution < 1.29 is 14.3 Å². The summed E-state index contributed by atoms with van der Waals surface area (Å²) in [6.07, 6.45) is 0.960. The van der Waals surface area contributed by atoms with Gasteiger partial charge in [0, 0.05) is 25.2 Å². The van der Waals surface area contributed by atoms with E-state index in [1.54, 1.807) is 32.4 Å². The van der Waals surface area contributed by atoms with E-state index in [0.717, 1.165) is 13.0 Å². The molecule has 0 aliphatic carbocycles. The monoisotopic (exact) mass is 314 g/mol. The van der Waals surface area contributed by atoms with Gasteiger partial charge in [0.25, 0.3) is 5.91 Å². The van der Waals surface area contributed by atoms with E-state index in [4.69, 9.17) is 15.2 Å². The summed E-state index contributed by atoms with van der Waals surface area (Å²) in [6, 6.07) is 5.37. The molecule has 118 valence electrons. The van der Waals surface area contributed by atoms with Gasteiger partial charge in [0.15, 0.2) is 0 Å². The molecule has 1 aromatic rings. The Labute approximate surface area is 131 Å². The van der Waals surface area contributed by atoms with Crippen LogP contribution in [0.2, 0.25) is 0 Å². The van der Waals surface area contributed by atoms with Gasteiger partial charge in [0.1, 0.15) is 11.5 Å². The van der Waals surface area contributed by atoms with E-state index in [1.165, 1.54) is 0 Å². The molecule has 0 radical (unpaired) electrons. The first-order chi connectivity index (χ1) is 9.56. The van der Waals surface area contributed by atoms with Gasteiger partial charge in [-0.3, -0.25) is 4.79 Å². The smallest absolute Gasteiger partial charge is 0.257 e. The van der Waals surface area contributed by atoms with Crippen LogP contribution in [0.3, 0.4) is 0 Å². The lowest BCUT2D eigenvalue weighted by Crippen LogP contribution is -2.33. The van der Waals surface area contributed by atoms with Crippen molar-refractivity contribution in [1.29, 1.82) is 0 Å². The molecule has 1 aliphatic heterocycles. The Hall–Kier alpha value is -1.46. The largest absolute Gasteiger partial charge is 0.497 e. The second-order valence-corrected chi connectivity index (χ2v) is 5.23. The zero-order valence-electron chi connectivity index (χ0n) is 12.7. The number of hydrogen-bond acceptors (Lipinski definition) is 4. The number of carbonyl (C=O) groups excluding carboxylic acids is 1. The van der Waals surface area contributed by atoms with E-state index in [-0.39, 0.29) is 24.4 Å². The molecule has 5 nitrogen and oxygen atoms in total. The van der Waals surface area contributed by atoms with Crippen molar-refractivity contribution in [2.24, 2.45) is 11.7 Å². The Morgan fingerprint density at radius 3 is 2.62 bits per heavy atom. The van der Waals surface area contributed by atoms with Crippen molar-refractivity contribution in [1.82, 2.24) is 4.90 Å². The van der Waals surface area contributed by atoms with Gasteiger partial charge < -0.3 is 20.1 Å². The summed E-state index contributed by atoms with van der Waals surface area (Å²) in [4.78, 5) is 14.4. The molecule has 2 atom stereocenters. The standard InChI is InChI=1S/C15H22N2O3.ClH/c1-10(16)11-6-7-17(9-11)15(18)13-5-4-12(19-2)8-14(13)20-3;/h4-5,8,10-11H,6-7,9,16H2,1-3H3;1H. The van der Waals surface area contributed by atoms with E-state index in [2.05, 4.69) is 0 Å². The summed E-state index contributed by atoms with van der Waals surface area (Å²) < 4.78 is 10.4. The number of nitrogens with zero attached hydrogens (tertiary/aromatic N) is 1. The SMILES string of the molecule is COc1ccc(C(=O)N2CCC(C(C)N)C2)c(OC)c1.Cl. The number of halogens is 1. The van der Waals surface area contributed by atoms with Gasteiger partial charge in [0.05, 0.1) is 19.8 Å². The van der Waals surface area contributed by atoms with Gasteiger partial charge in [-0.15, -0.1) is 12.4 Å². The van der Waals surface area contributed by atoms with Crippen molar-refractivity contribution in [2.75, 3.05) is 27.3 Å². The average molecular weight is 315 g/mol. The van der Waals surface area contributed by atoms with Crippen molar-refractivity contribution in [3.63, 3.8) is 0 Å². The van der Waals surface area contributed by atoms with Crippen molar-refractivity contribution >= 4 is 18.3 Å². The lowest BCUT2D eigenvalue weighted by Gasteiger charge is -2.19. The van der Waals surface area contributed by atoms with E-state index in [1.807, 2.05) is 11.8 Å². The molecular weight excluding hydrogens is 292 g/mol. The Balaban J connectivity index is 0.00000220. The molecule has 2 rings (SSSR count). The second-order valence-electron chi connectivity index (χ2n) is 5.23. The molecule has 0 bridgehead atoms. The minimum absolute atomic E-state index is 0. The van der Waals surface area contributed by atoms with Gasteiger partial charge in [-0.2, -0.15) is 0 Å². The highest BCUT2D eigenvalue weighted by molar-refractivity contribution is 5.97. The Kier molecular flexibility index (Phi) is 6.30. The third kappa shape index (κ3) is 3.80. The highest BCUT2D eigenvalue weighted by atomic mass is 35.5. The molecule has 21 heavy (non-hydrogen) atoms. The number of hydrogen-bond donors (Lipinski definition) is 1. The summed E-state index contributed by atoms with van der Waals surface area (Å²) in [6.45, 7) is 3.46. The highest BCUT2D eigenvalue weighted by Gasteiger charge is 2.30. The molecule has 2 N–H and O–H groups in total. The Morgan fingerprint density at radius 2 is 2.10 bits per heavy atom. The maximum Gasteiger partial charge on any atom is 0.257 e. The van der Waals surface area contributed by atoms with Crippen LogP contribution in [0.5, 0.6) is 11.5 Å². The number of amides is 1. The van der Waals surface area contributed by atoms with Gasteiger partial charge in [0.2, 0.25) is 0 Å². The fourth-order valence-electron chi connectivity index (χ4n) is 2.55. The normalized spacial score (nSPS) is 18.9. The Morgan fingerprint density at radius 1 is 1.38 bits per heavy atom. The van der Waals surface area contributed by atoms with E-state index in [0.29, 0.717) is 29.5 Å². The summed E-state index contributed by atoms with van der Waals surface area (Å²) in [5, 5.41) is 0. The lowest BCUT2D eigenvalue weighted by molar-refractivity contribution is 0.0782. The first kappa shape index (κ1) is 17.6.